The van der Waals surface area contributed by atoms with Crippen molar-refractivity contribution in [3.8, 4) is 5.75 Å². The zero-order valence-corrected chi connectivity index (χ0v) is 17.2. The number of benzene rings is 3. The van der Waals surface area contributed by atoms with E-state index in [2.05, 4.69) is 10.2 Å². The van der Waals surface area contributed by atoms with Gasteiger partial charge in [0.15, 0.2) is 0 Å². The van der Waals surface area contributed by atoms with Gasteiger partial charge in [-0.05, 0) is 30.7 Å². The van der Waals surface area contributed by atoms with Gasteiger partial charge < -0.3 is 5.11 Å². The Hall–Kier alpha value is -1.77. The van der Waals surface area contributed by atoms with Gasteiger partial charge in [-0.1, -0.05) is 42.8 Å². The van der Waals surface area contributed by atoms with Crippen LogP contribution in [0.2, 0.25) is 0 Å². The fourth-order valence-corrected chi connectivity index (χ4v) is 3.28. The Balaban J connectivity index is 0.00000243. The van der Waals surface area contributed by atoms with Crippen LogP contribution in [0.15, 0.2) is 69.7 Å². The summed E-state index contributed by atoms with van der Waals surface area (Å²) < 4.78 is 32.4. The van der Waals surface area contributed by atoms with Crippen molar-refractivity contribution in [1.82, 2.24) is 0 Å². The van der Waals surface area contributed by atoms with Crippen molar-refractivity contribution in [1.29, 1.82) is 0 Å². The molecule has 3 aromatic carbocycles. The predicted molar refractivity (Wildman–Crippen MR) is 93.2 cm³/mol. The Kier molecular flexibility index (Phi) is 6.54. The van der Waals surface area contributed by atoms with Crippen LogP contribution in [0.3, 0.4) is 0 Å². The summed E-state index contributed by atoms with van der Waals surface area (Å²) in [7, 11) is -4.33. The van der Waals surface area contributed by atoms with Gasteiger partial charge in [-0.15, -0.1) is 10.9 Å². The molecule has 1 N–H and O–H groups in total. The van der Waals surface area contributed by atoms with Crippen molar-refractivity contribution in [2.75, 3.05) is 0 Å². The first kappa shape index (κ1) is 20.5. The van der Waals surface area contributed by atoms with Crippen molar-refractivity contribution >= 4 is 32.3 Å². The van der Waals surface area contributed by atoms with E-state index in [0.717, 1.165) is 0 Å². The molecule has 0 radical (unpaired) electrons. The second-order valence-electron chi connectivity index (χ2n) is 5.45. The molecule has 0 bridgehead atoms. The van der Waals surface area contributed by atoms with Gasteiger partial charge in [0.25, 0.3) is 10.1 Å². The Morgan fingerprint density at radius 3 is 2.35 bits per heavy atom. The normalized spacial score (nSPS) is 11.6. The number of azo groups is 1. The maximum atomic E-state index is 11.6. The van der Waals surface area contributed by atoms with Gasteiger partial charge in [0.1, 0.15) is 4.90 Å². The molecule has 0 fully saturated rings. The van der Waals surface area contributed by atoms with Crippen molar-refractivity contribution < 1.29 is 47.6 Å². The Morgan fingerprint density at radius 2 is 1.69 bits per heavy atom. The molecule has 0 amide bonds. The maximum absolute atomic E-state index is 11.6. The first-order valence-electron chi connectivity index (χ1n) is 7.61. The number of hydrogen-bond acceptors (Lipinski definition) is 5. The SMILES string of the molecule is CCc1cc(N=Nc2ccc(S(=O)(=O)O)c3ccccc23)ccc1[O-].[Na+]. The van der Waals surface area contributed by atoms with Crippen LogP contribution < -0.4 is 34.7 Å². The van der Waals surface area contributed by atoms with Crippen molar-refractivity contribution in [2.45, 2.75) is 18.2 Å². The van der Waals surface area contributed by atoms with E-state index in [1.165, 1.54) is 18.2 Å². The number of aryl methyl sites for hydroxylation is 1. The second kappa shape index (κ2) is 8.28. The molecule has 3 rings (SSSR count). The molecule has 0 aromatic heterocycles. The van der Waals surface area contributed by atoms with Crippen molar-refractivity contribution in [2.24, 2.45) is 10.2 Å². The van der Waals surface area contributed by atoms with Crippen LogP contribution in [-0.2, 0) is 16.5 Å². The number of fused-ring (bicyclic) bond motifs is 1. The average Bonchev–Trinajstić information content (AvgIpc) is 2.59. The smallest absolute Gasteiger partial charge is 0.872 e. The zero-order valence-electron chi connectivity index (χ0n) is 14.4. The molecular weight excluding hydrogens is 363 g/mol. The first-order chi connectivity index (χ1) is 11.9. The maximum Gasteiger partial charge on any atom is 1.00 e. The van der Waals surface area contributed by atoms with E-state index in [1.54, 1.807) is 36.4 Å². The molecule has 0 heterocycles. The van der Waals surface area contributed by atoms with E-state index in [9.17, 15) is 18.1 Å². The largest absolute Gasteiger partial charge is 1.00 e. The third-order valence-electron chi connectivity index (χ3n) is 3.84. The van der Waals surface area contributed by atoms with Gasteiger partial charge in [-0.25, -0.2) is 0 Å². The molecule has 0 saturated carbocycles. The number of hydrogen-bond donors (Lipinski definition) is 1. The summed E-state index contributed by atoms with van der Waals surface area (Å²) in [4.78, 5) is -0.175. The minimum Gasteiger partial charge on any atom is -0.872 e. The van der Waals surface area contributed by atoms with Gasteiger partial charge in [0.05, 0.1) is 11.4 Å². The molecule has 0 saturated heterocycles. The minimum absolute atomic E-state index is 0. The van der Waals surface area contributed by atoms with Crippen LogP contribution in [0.25, 0.3) is 10.8 Å². The topological polar surface area (TPSA) is 102 Å². The molecule has 0 unspecified atom stereocenters. The second-order valence-corrected chi connectivity index (χ2v) is 6.84. The van der Waals surface area contributed by atoms with Crippen LogP contribution in [0.4, 0.5) is 11.4 Å². The Morgan fingerprint density at radius 1 is 1.00 bits per heavy atom. The van der Waals surface area contributed by atoms with E-state index in [-0.39, 0.29) is 40.2 Å². The standard InChI is InChI=1S/C18H16N2O4S.Na/c1-2-12-11-13(7-9-17(12)21)19-20-16-8-10-18(25(22,23)24)15-6-4-3-5-14(15)16;/h3-11,21H,2H2,1H3,(H,22,23,24);/q;+1/p-1. The summed E-state index contributed by atoms with van der Waals surface area (Å²) in [6, 6.07) is 14.2. The molecule has 26 heavy (non-hydrogen) atoms. The Labute approximate surface area is 173 Å². The molecule has 0 aliphatic heterocycles. The third-order valence-corrected chi connectivity index (χ3v) is 4.75. The van der Waals surface area contributed by atoms with Gasteiger partial charge >= 0.3 is 29.6 Å². The molecule has 128 valence electrons. The third kappa shape index (κ3) is 4.31. The zero-order chi connectivity index (χ0) is 18.0. The van der Waals surface area contributed by atoms with Crippen molar-refractivity contribution in [3.05, 3.63) is 60.2 Å². The fraction of sp³-hybridized carbons (Fsp3) is 0.111. The molecule has 3 aromatic rings. The van der Waals surface area contributed by atoms with E-state index < -0.39 is 10.1 Å². The van der Waals surface area contributed by atoms with Crippen molar-refractivity contribution in [3.63, 3.8) is 0 Å². The van der Waals surface area contributed by atoms with Gasteiger partial charge in [-0.2, -0.15) is 13.5 Å². The summed E-state index contributed by atoms with van der Waals surface area (Å²) in [6.45, 7) is 1.89. The molecular formula is C18H15N2NaO4S. The molecule has 0 spiro atoms. The molecule has 0 atom stereocenters. The van der Waals surface area contributed by atoms with Gasteiger partial charge in [0.2, 0.25) is 0 Å². The Bertz CT molecular complexity index is 1080. The molecule has 0 aliphatic carbocycles. The van der Waals surface area contributed by atoms with Crippen LogP contribution in [0, 0.1) is 0 Å². The summed E-state index contributed by atoms with van der Waals surface area (Å²) in [5, 5.41) is 20.9. The predicted octanol–water partition coefficient (Wildman–Crippen LogP) is 1.14. The summed E-state index contributed by atoms with van der Waals surface area (Å²) in [5.74, 6) is -0.0376. The molecule has 0 aliphatic rings. The minimum atomic E-state index is -4.33. The van der Waals surface area contributed by atoms with Gasteiger partial charge in [-0.3, -0.25) is 4.55 Å². The molecule has 6 nitrogen and oxygen atoms in total. The summed E-state index contributed by atoms with van der Waals surface area (Å²) >= 11 is 0. The van der Waals surface area contributed by atoms with Crippen LogP contribution in [0.5, 0.6) is 5.75 Å². The van der Waals surface area contributed by atoms with Gasteiger partial charge in [0, 0.05) is 10.8 Å². The quantitative estimate of drug-likeness (QED) is 0.418. The average molecular weight is 378 g/mol. The van der Waals surface area contributed by atoms with Crippen LogP contribution >= 0.6 is 0 Å². The van der Waals surface area contributed by atoms with E-state index in [0.29, 0.717) is 34.1 Å². The number of rotatable bonds is 4. The molecule has 8 heteroatoms. The van der Waals surface area contributed by atoms with E-state index in [4.69, 9.17) is 0 Å². The monoisotopic (exact) mass is 378 g/mol. The number of nitrogens with zero attached hydrogens (tertiary/aromatic N) is 2. The van der Waals surface area contributed by atoms with E-state index in [1.807, 2.05) is 6.92 Å². The summed E-state index contributed by atoms with van der Waals surface area (Å²) in [5.41, 5.74) is 1.66. The first-order valence-corrected chi connectivity index (χ1v) is 9.05. The summed E-state index contributed by atoms with van der Waals surface area (Å²) in [6.07, 6.45) is 0.605. The van der Waals surface area contributed by atoms with E-state index >= 15 is 0 Å². The van der Waals surface area contributed by atoms with Crippen LogP contribution in [0.1, 0.15) is 12.5 Å². The van der Waals surface area contributed by atoms with Crippen LogP contribution in [-0.4, -0.2) is 13.0 Å². The fourth-order valence-electron chi connectivity index (χ4n) is 2.58.